The summed E-state index contributed by atoms with van der Waals surface area (Å²) >= 11 is 2.75. The molecule has 53 heavy (non-hydrogen) atoms. The van der Waals surface area contributed by atoms with Crippen LogP contribution in [0.25, 0.3) is 28.1 Å². The Morgan fingerprint density at radius 3 is 2.13 bits per heavy atom. The van der Waals surface area contributed by atoms with E-state index in [2.05, 4.69) is 45.2 Å². The predicted octanol–water partition coefficient (Wildman–Crippen LogP) is 8.52. The highest BCUT2D eigenvalue weighted by Gasteiger charge is 2.19. The monoisotopic (exact) mass is 744 g/mol. The molecule has 0 aliphatic heterocycles. The van der Waals surface area contributed by atoms with Gasteiger partial charge < -0.3 is 30.2 Å². The lowest BCUT2D eigenvalue weighted by molar-refractivity contribution is -0.115. The first-order chi connectivity index (χ1) is 25.7. The van der Waals surface area contributed by atoms with Gasteiger partial charge in [-0.15, -0.1) is 23.1 Å². The maximum absolute atomic E-state index is 13.6. The van der Waals surface area contributed by atoms with Crippen LogP contribution in [0.1, 0.15) is 22.8 Å². The number of benzene rings is 5. The van der Waals surface area contributed by atoms with Crippen molar-refractivity contribution in [3.63, 3.8) is 0 Å². The van der Waals surface area contributed by atoms with Crippen LogP contribution in [0.3, 0.4) is 0 Å². The number of rotatable bonds is 13. The Morgan fingerprint density at radius 2 is 1.45 bits per heavy atom. The third kappa shape index (κ3) is 9.04. The summed E-state index contributed by atoms with van der Waals surface area (Å²) < 4.78 is 16.4. The van der Waals surface area contributed by atoms with E-state index in [-0.39, 0.29) is 11.6 Å². The van der Waals surface area contributed by atoms with E-state index < -0.39 is 17.1 Å². The number of aromatic nitrogens is 1. The molecule has 6 rings (SSSR count). The van der Waals surface area contributed by atoms with Crippen molar-refractivity contribution in [3.8, 4) is 28.5 Å². The summed E-state index contributed by atoms with van der Waals surface area (Å²) in [5.41, 5.74) is 3.18. The van der Waals surface area contributed by atoms with E-state index in [1.807, 2.05) is 42.6 Å². The molecule has 1 heterocycles. The number of ether oxygens (including phenoxy) is 3. The van der Waals surface area contributed by atoms with Crippen LogP contribution in [0.15, 0.2) is 125 Å². The van der Waals surface area contributed by atoms with Gasteiger partial charge in [-0.2, -0.15) is 0 Å². The summed E-state index contributed by atoms with van der Waals surface area (Å²) in [6.45, 7) is 1.82. The molecular weight excluding hydrogens is 709 g/mol. The quantitative estimate of drug-likeness (QED) is 0.0794. The fraction of sp³-hybridized carbons (Fsp3) is 0.122. The predicted molar refractivity (Wildman–Crippen MR) is 212 cm³/mol. The Hall–Kier alpha value is -6.11. The van der Waals surface area contributed by atoms with E-state index in [9.17, 15) is 14.4 Å². The van der Waals surface area contributed by atoms with Crippen molar-refractivity contribution in [1.82, 2.24) is 10.3 Å². The molecular formula is C41H36N4O6S2. The normalized spacial score (nSPS) is 11.7. The zero-order valence-corrected chi connectivity index (χ0v) is 31.0. The molecule has 12 heteroatoms. The van der Waals surface area contributed by atoms with E-state index in [0.717, 1.165) is 26.9 Å². The minimum Gasteiger partial charge on any atom is -0.493 e. The van der Waals surface area contributed by atoms with Crippen molar-refractivity contribution in [3.05, 3.63) is 131 Å². The molecule has 0 bridgehead atoms. The number of thioether (sulfide) groups is 1. The van der Waals surface area contributed by atoms with Gasteiger partial charge in [-0.3, -0.25) is 14.4 Å². The highest BCUT2D eigenvalue weighted by atomic mass is 32.2. The van der Waals surface area contributed by atoms with Crippen LogP contribution in [0.4, 0.5) is 10.8 Å². The number of methoxy groups -OCH3 is 3. The van der Waals surface area contributed by atoms with Gasteiger partial charge in [0.1, 0.15) is 5.70 Å². The number of hydrogen-bond donors (Lipinski definition) is 3. The number of anilines is 2. The van der Waals surface area contributed by atoms with Crippen molar-refractivity contribution < 1.29 is 28.6 Å². The Balaban J connectivity index is 1.12. The lowest BCUT2D eigenvalue weighted by Gasteiger charge is -2.15. The molecule has 10 nitrogen and oxygen atoms in total. The number of nitrogens with one attached hydrogen (secondary N) is 3. The van der Waals surface area contributed by atoms with Crippen LogP contribution in [0.2, 0.25) is 0 Å². The largest absolute Gasteiger partial charge is 0.493 e. The van der Waals surface area contributed by atoms with E-state index in [0.29, 0.717) is 39.2 Å². The van der Waals surface area contributed by atoms with Gasteiger partial charge in [-0.1, -0.05) is 54.6 Å². The average molecular weight is 745 g/mol. The molecule has 0 aliphatic rings. The average Bonchev–Trinajstić information content (AvgIpc) is 3.66. The Kier molecular flexibility index (Phi) is 11.7. The van der Waals surface area contributed by atoms with E-state index in [1.165, 1.54) is 50.5 Å². The topological polar surface area (TPSA) is 128 Å². The summed E-state index contributed by atoms with van der Waals surface area (Å²) in [6, 6.07) is 33.4. The zero-order valence-electron chi connectivity index (χ0n) is 29.3. The van der Waals surface area contributed by atoms with Gasteiger partial charge in [-0.25, -0.2) is 4.98 Å². The van der Waals surface area contributed by atoms with Crippen LogP contribution >= 0.6 is 23.1 Å². The SMILES string of the molecule is COc1cc(/C=C(\NC(=O)c2ccccc2)C(=O)Nc2ccc(SC(C)C(=O)Nc3nc(-c4ccc5ccccc5c4)cs3)cc2)cc(OC)c1OC. The second kappa shape index (κ2) is 16.9. The molecule has 3 N–H and O–H groups in total. The first kappa shape index (κ1) is 36.7. The van der Waals surface area contributed by atoms with E-state index >= 15 is 0 Å². The van der Waals surface area contributed by atoms with E-state index in [4.69, 9.17) is 14.2 Å². The number of nitrogens with zero attached hydrogens (tertiary/aromatic N) is 1. The molecule has 1 unspecified atom stereocenters. The second-order valence-corrected chi connectivity index (χ2v) is 13.9. The number of amides is 3. The zero-order chi connectivity index (χ0) is 37.3. The maximum Gasteiger partial charge on any atom is 0.272 e. The molecule has 6 aromatic rings. The lowest BCUT2D eigenvalue weighted by Crippen LogP contribution is -2.30. The van der Waals surface area contributed by atoms with Gasteiger partial charge in [0.2, 0.25) is 11.7 Å². The molecule has 0 fully saturated rings. The van der Waals surface area contributed by atoms with Gasteiger partial charge in [0, 0.05) is 27.1 Å². The van der Waals surface area contributed by atoms with Crippen LogP contribution < -0.4 is 30.2 Å². The Bertz CT molecular complexity index is 2260. The van der Waals surface area contributed by atoms with Crippen molar-refractivity contribution in [2.45, 2.75) is 17.1 Å². The summed E-state index contributed by atoms with van der Waals surface area (Å²) in [7, 11) is 4.49. The standard InChI is InChI=1S/C41H36N4O6S2/c1-25(38(46)45-41-44-34(24-52-41)30-15-14-27-10-8-9-13-29(27)23-30)53-32-18-16-31(17-19-32)42-40(48)33(43-39(47)28-11-6-5-7-12-28)20-26-21-35(49-2)37(51-4)36(22-26)50-3/h5-25H,1-4H3,(H,42,48)(H,43,47)(H,44,45,46)/b33-20-. The number of carbonyl (C=O) groups excluding carboxylic acids is 3. The molecule has 0 saturated heterocycles. The molecule has 0 aliphatic carbocycles. The number of hydrogen-bond acceptors (Lipinski definition) is 9. The van der Waals surface area contributed by atoms with Gasteiger partial charge in [0.15, 0.2) is 16.6 Å². The summed E-state index contributed by atoms with van der Waals surface area (Å²) in [6.07, 6.45) is 1.53. The number of fused-ring (bicyclic) bond motifs is 1. The number of thiazole rings is 1. The molecule has 0 spiro atoms. The van der Waals surface area contributed by atoms with Crippen LogP contribution in [-0.2, 0) is 9.59 Å². The Labute approximate surface area is 315 Å². The molecule has 3 amide bonds. The molecule has 1 aromatic heterocycles. The highest BCUT2D eigenvalue weighted by molar-refractivity contribution is 8.00. The molecule has 0 radical (unpaired) electrons. The summed E-state index contributed by atoms with van der Waals surface area (Å²) in [5, 5.41) is 12.8. The van der Waals surface area contributed by atoms with Gasteiger partial charge >= 0.3 is 0 Å². The van der Waals surface area contributed by atoms with Crippen molar-refractivity contribution >= 4 is 68.5 Å². The van der Waals surface area contributed by atoms with Crippen molar-refractivity contribution in [2.75, 3.05) is 32.0 Å². The van der Waals surface area contributed by atoms with Crippen molar-refractivity contribution in [1.29, 1.82) is 0 Å². The molecule has 1 atom stereocenters. The van der Waals surface area contributed by atoms with E-state index in [1.54, 1.807) is 54.6 Å². The second-order valence-electron chi connectivity index (χ2n) is 11.7. The van der Waals surface area contributed by atoms with Gasteiger partial charge in [0.25, 0.3) is 11.8 Å². The summed E-state index contributed by atoms with van der Waals surface area (Å²) in [5.74, 6) is -0.0156. The molecule has 268 valence electrons. The third-order valence-corrected chi connectivity index (χ3v) is 9.97. The first-order valence-electron chi connectivity index (χ1n) is 16.5. The lowest BCUT2D eigenvalue weighted by atomic mass is 10.1. The fourth-order valence-corrected chi connectivity index (χ4v) is 6.98. The minimum atomic E-state index is -0.553. The first-order valence-corrected chi connectivity index (χ1v) is 18.2. The summed E-state index contributed by atoms with van der Waals surface area (Å²) in [4.78, 5) is 45.3. The van der Waals surface area contributed by atoms with Crippen molar-refractivity contribution in [2.24, 2.45) is 0 Å². The third-order valence-electron chi connectivity index (χ3n) is 8.10. The smallest absolute Gasteiger partial charge is 0.272 e. The van der Waals surface area contributed by atoms with Crippen LogP contribution in [0.5, 0.6) is 17.2 Å². The van der Waals surface area contributed by atoms with Gasteiger partial charge in [0.05, 0.1) is 32.3 Å². The van der Waals surface area contributed by atoms with Crippen LogP contribution in [0, 0.1) is 0 Å². The Morgan fingerprint density at radius 1 is 0.774 bits per heavy atom. The molecule has 5 aromatic carbocycles. The highest BCUT2D eigenvalue weighted by Crippen LogP contribution is 2.39. The molecule has 0 saturated carbocycles. The minimum absolute atomic E-state index is 0.0113. The number of carbonyl (C=O) groups is 3. The van der Waals surface area contributed by atoms with Gasteiger partial charge in [-0.05, 0) is 83.9 Å². The fourth-order valence-electron chi connectivity index (χ4n) is 5.39. The maximum atomic E-state index is 13.6. The van der Waals surface area contributed by atoms with Crippen LogP contribution in [-0.4, -0.2) is 49.3 Å².